The van der Waals surface area contributed by atoms with Crippen molar-refractivity contribution in [1.82, 2.24) is 4.98 Å². The van der Waals surface area contributed by atoms with Gasteiger partial charge in [-0.2, -0.15) is 13.2 Å². The molecular formula is C20H20F3NO2. The number of nitrogens with zero attached hydrogens (tertiary/aromatic N) is 1. The van der Waals surface area contributed by atoms with Crippen LogP contribution in [0.15, 0.2) is 30.3 Å². The van der Waals surface area contributed by atoms with Gasteiger partial charge in [0.1, 0.15) is 11.8 Å². The maximum absolute atomic E-state index is 13.2. The molecule has 2 aliphatic rings. The molecule has 3 nitrogen and oxygen atoms in total. The lowest BCUT2D eigenvalue weighted by molar-refractivity contribution is -0.141. The van der Waals surface area contributed by atoms with Crippen LogP contribution in [0.3, 0.4) is 0 Å². The normalized spacial score (nSPS) is 22.2. The number of alkyl halides is 3. The molecule has 0 N–H and O–H groups in total. The molecule has 1 spiro atoms. The minimum Gasteiger partial charge on any atom is -0.458 e. The maximum Gasteiger partial charge on any atom is 0.433 e. The van der Waals surface area contributed by atoms with Crippen molar-refractivity contribution in [1.29, 1.82) is 0 Å². The molecule has 0 bridgehead atoms. The number of carbonyl (C=O) groups excluding carboxylic acids is 1. The zero-order chi connectivity index (χ0) is 18.4. The number of hydrogen-bond acceptors (Lipinski definition) is 3. The van der Waals surface area contributed by atoms with E-state index in [1.807, 2.05) is 0 Å². The summed E-state index contributed by atoms with van der Waals surface area (Å²) in [5.74, 6) is -0.674. The van der Waals surface area contributed by atoms with E-state index >= 15 is 0 Å². The monoisotopic (exact) mass is 363 g/mol. The highest BCUT2D eigenvalue weighted by atomic mass is 19.4. The molecule has 0 saturated heterocycles. The Kier molecular flexibility index (Phi) is 4.16. The van der Waals surface area contributed by atoms with Gasteiger partial charge in [-0.15, -0.1) is 0 Å². The number of aromatic nitrogens is 1. The van der Waals surface area contributed by atoms with Crippen LogP contribution in [0.4, 0.5) is 13.2 Å². The number of carbonyl (C=O) groups is 1. The highest BCUT2D eigenvalue weighted by Gasteiger charge is 2.47. The number of ether oxygens (including phenoxy) is 1. The lowest BCUT2D eigenvalue weighted by atomic mass is 9.82. The molecule has 138 valence electrons. The average molecular weight is 363 g/mol. The van der Waals surface area contributed by atoms with Crippen LogP contribution in [0, 0.1) is 5.41 Å². The summed E-state index contributed by atoms with van der Waals surface area (Å²) < 4.78 is 45.3. The van der Waals surface area contributed by atoms with Crippen molar-refractivity contribution in [2.45, 2.75) is 57.2 Å². The molecule has 0 aliphatic heterocycles. The molecular weight excluding hydrogens is 343 g/mol. The molecule has 2 fully saturated rings. The van der Waals surface area contributed by atoms with Gasteiger partial charge in [-0.1, -0.05) is 31.0 Å². The van der Waals surface area contributed by atoms with E-state index in [4.69, 9.17) is 4.74 Å². The van der Waals surface area contributed by atoms with E-state index in [1.165, 1.54) is 6.07 Å². The second-order valence-corrected chi connectivity index (χ2v) is 7.43. The highest BCUT2D eigenvalue weighted by molar-refractivity contribution is 6.03. The van der Waals surface area contributed by atoms with Crippen LogP contribution in [-0.4, -0.2) is 17.1 Å². The van der Waals surface area contributed by atoms with Gasteiger partial charge in [0.05, 0.1) is 11.1 Å². The quantitative estimate of drug-likeness (QED) is 0.659. The Hall–Kier alpha value is -2.11. The predicted octanol–water partition coefficient (Wildman–Crippen LogP) is 5.52. The van der Waals surface area contributed by atoms with E-state index < -0.39 is 17.8 Å². The SMILES string of the molecule is O=C(OC1CCCC12CCCC2)c1cc(C(F)(F)F)nc2ccccc12. The molecule has 2 saturated carbocycles. The molecule has 1 heterocycles. The Morgan fingerprint density at radius 1 is 1.12 bits per heavy atom. The molecule has 2 aromatic rings. The Balaban J connectivity index is 1.70. The first-order valence-electron chi connectivity index (χ1n) is 9.07. The first kappa shape index (κ1) is 17.3. The van der Waals surface area contributed by atoms with E-state index in [1.54, 1.807) is 18.2 Å². The van der Waals surface area contributed by atoms with Gasteiger partial charge in [0.25, 0.3) is 0 Å². The van der Waals surface area contributed by atoms with Gasteiger partial charge in [0.15, 0.2) is 0 Å². The topological polar surface area (TPSA) is 39.2 Å². The molecule has 1 atom stereocenters. The maximum atomic E-state index is 13.2. The fourth-order valence-electron chi connectivity index (χ4n) is 4.62. The molecule has 0 radical (unpaired) electrons. The zero-order valence-corrected chi connectivity index (χ0v) is 14.3. The lowest BCUT2D eigenvalue weighted by Crippen LogP contribution is -2.31. The first-order chi connectivity index (χ1) is 12.4. The van der Waals surface area contributed by atoms with Crippen molar-refractivity contribution in [2.24, 2.45) is 5.41 Å². The summed E-state index contributed by atoms with van der Waals surface area (Å²) in [7, 11) is 0. The molecule has 1 aromatic heterocycles. The van der Waals surface area contributed by atoms with Gasteiger partial charge in [0, 0.05) is 10.8 Å². The molecule has 4 rings (SSSR count). The highest BCUT2D eigenvalue weighted by Crippen LogP contribution is 2.52. The van der Waals surface area contributed by atoms with E-state index in [0.717, 1.165) is 51.0 Å². The molecule has 26 heavy (non-hydrogen) atoms. The van der Waals surface area contributed by atoms with Gasteiger partial charge in [-0.05, 0) is 44.2 Å². The Bertz CT molecular complexity index is 835. The second-order valence-electron chi connectivity index (χ2n) is 7.43. The predicted molar refractivity (Wildman–Crippen MR) is 90.7 cm³/mol. The number of benzene rings is 1. The van der Waals surface area contributed by atoms with Gasteiger partial charge in [-0.3, -0.25) is 0 Å². The van der Waals surface area contributed by atoms with Crippen LogP contribution in [0.5, 0.6) is 0 Å². The van der Waals surface area contributed by atoms with Crippen molar-refractivity contribution in [2.75, 3.05) is 0 Å². The third kappa shape index (κ3) is 2.95. The van der Waals surface area contributed by atoms with E-state index in [-0.39, 0.29) is 22.6 Å². The van der Waals surface area contributed by atoms with Gasteiger partial charge >= 0.3 is 12.1 Å². The lowest BCUT2D eigenvalue weighted by Gasteiger charge is -2.30. The van der Waals surface area contributed by atoms with Crippen LogP contribution in [0.2, 0.25) is 0 Å². The second kappa shape index (κ2) is 6.25. The summed E-state index contributed by atoms with van der Waals surface area (Å²) in [4.78, 5) is 16.5. The van der Waals surface area contributed by atoms with Crippen LogP contribution in [-0.2, 0) is 10.9 Å². The molecule has 1 aromatic carbocycles. The summed E-state index contributed by atoms with van der Waals surface area (Å²) in [6, 6.07) is 7.20. The van der Waals surface area contributed by atoms with E-state index in [9.17, 15) is 18.0 Å². The number of pyridine rings is 1. The number of halogens is 3. The van der Waals surface area contributed by atoms with Gasteiger partial charge < -0.3 is 4.74 Å². The van der Waals surface area contributed by atoms with Crippen LogP contribution >= 0.6 is 0 Å². The van der Waals surface area contributed by atoms with Crippen molar-refractivity contribution >= 4 is 16.9 Å². The van der Waals surface area contributed by atoms with Crippen molar-refractivity contribution in [3.8, 4) is 0 Å². The largest absolute Gasteiger partial charge is 0.458 e. The van der Waals surface area contributed by atoms with Crippen molar-refractivity contribution in [3.05, 3.63) is 41.6 Å². The summed E-state index contributed by atoms with van der Waals surface area (Å²) >= 11 is 0. The standard InChI is InChI=1S/C20H20F3NO2/c21-20(22,23)16-12-14(13-6-1-2-7-15(13)24-16)18(25)26-17-8-5-11-19(17)9-3-4-10-19/h1-2,6-7,12,17H,3-5,8-11H2. The number of rotatable bonds is 2. The minimum absolute atomic E-state index is 0.0331. The van der Waals surface area contributed by atoms with Gasteiger partial charge in [0.2, 0.25) is 0 Å². The summed E-state index contributed by atoms with van der Waals surface area (Å²) in [6.45, 7) is 0. The summed E-state index contributed by atoms with van der Waals surface area (Å²) in [5.41, 5.74) is -0.935. The number of hydrogen-bond donors (Lipinski definition) is 0. The zero-order valence-electron chi connectivity index (χ0n) is 14.3. The average Bonchev–Trinajstić information content (AvgIpc) is 3.24. The van der Waals surface area contributed by atoms with Crippen molar-refractivity contribution < 1.29 is 22.7 Å². The Morgan fingerprint density at radius 2 is 1.81 bits per heavy atom. The molecule has 6 heteroatoms. The third-order valence-electron chi connectivity index (χ3n) is 5.90. The minimum atomic E-state index is -4.61. The number of fused-ring (bicyclic) bond motifs is 1. The third-order valence-corrected chi connectivity index (χ3v) is 5.90. The Labute approximate surface area is 149 Å². The van der Waals surface area contributed by atoms with E-state index in [2.05, 4.69) is 4.98 Å². The summed E-state index contributed by atoms with van der Waals surface area (Å²) in [5, 5.41) is 0.393. The first-order valence-corrected chi connectivity index (χ1v) is 9.07. The number of para-hydroxylation sites is 1. The molecule has 0 amide bonds. The van der Waals surface area contributed by atoms with E-state index in [0.29, 0.717) is 5.39 Å². The molecule has 1 unspecified atom stereocenters. The van der Waals surface area contributed by atoms with Crippen LogP contribution < -0.4 is 0 Å². The van der Waals surface area contributed by atoms with Crippen LogP contribution in [0.25, 0.3) is 10.9 Å². The van der Waals surface area contributed by atoms with Crippen molar-refractivity contribution in [3.63, 3.8) is 0 Å². The smallest absolute Gasteiger partial charge is 0.433 e. The Morgan fingerprint density at radius 3 is 2.54 bits per heavy atom. The molecule has 2 aliphatic carbocycles. The summed E-state index contributed by atoms with van der Waals surface area (Å²) in [6.07, 6.45) is 2.36. The van der Waals surface area contributed by atoms with Crippen LogP contribution in [0.1, 0.15) is 61.0 Å². The fraction of sp³-hybridized carbons (Fsp3) is 0.500. The van der Waals surface area contributed by atoms with Gasteiger partial charge in [-0.25, -0.2) is 9.78 Å². The fourth-order valence-corrected chi connectivity index (χ4v) is 4.62. The number of esters is 1.